The Morgan fingerprint density at radius 1 is 1.21 bits per heavy atom. The third-order valence-electron chi connectivity index (χ3n) is 6.31. The fourth-order valence-corrected chi connectivity index (χ4v) is 4.34. The minimum atomic E-state index is -0.574. The van der Waals surface area contributed by atoms with Crippen LogP contribution in [0.4, 0.5) is 0 Å². The van der Waals surface area contributed by atoms with Crippen molar-refractivity contribution in [2.24, 2.45) is 28.0 Å². The van der Waals surface area contributed by atoms with E-state index in [9.17, 15) is 4.79 Å². The molecule has 1 amide bonds. The Labute approximate surface area is 174 Å². The van der Waals surface area contributed by atoms with Crippen LogP contribution in [0.1, 0.15) is 36.8 Å². The number of ether oxygens (including phenoxy) is 1. The molecule has 7 nitrogen and oxygen atoms in total. The van der Waals surface area contributed by atoms with Crippen molar-refractivity contribution in [3.63, 3.8) is 0 Å². The molecule has 2 aliphatic rings. The van der Waals surface area contributed by atoms with Crippen molar-refractivity contribution in [2.75, 3.05) is 39.4 Å². The normalized spacial score (nSPS) is 20.7. The average Bonchev–Trinajstić information content (AvgIpc) is 2.75. The van der Waals surface area contributed by atoms with Gasteiger partial charge in [-0.05, 0) is 68.7 Å². The number of piperidine rings is 1. The molecule has 3 N–H and O–H groups in total. The van der Waals surface area contributed by atoms with Crippen molar-refractivity contribution >= 4 is 5.91 Å². The number of aryl methyl sites for hydroxylation is 1. The van der Waals surface area contributed by atoms with Gasteiger partial charge in [0.2, 0.25) is 5.91 Å². The zero-order valence-electron chi connectivity index (χ0n) is 17.6. The second-order valence-electron chi connectivity index (χ2n) is 8.42. The first-order valence-electron chi connectivity index (χ1n) is 10.9. The van der Waals surface area contributed by atoms with Gasteiger partial charge in [0.15, 0.2) is 6.04 Å². The monoisotopic (exact) mass is 401 g/mol. The standard InChI is InChI=1S/C22H35N5O2/c1-17-4-2-3-5-20(17)14-21(25-26-23)22(28)24-15-18-6-10-27(11-7-18)16-19-8-12-29-13-9-19/h2-5,18-19,21H,6-16H2,1H3,(H2,23,25)(H,24,28)/t21-/m1/s1. The molecule has 0 aliphatic carbocycles. The summed E-state index contributed by atoms with van der Waals surface area (Å²) in [7, 11) is 0. The third-order valence-corrected chi connectivity index (χ3v) is 6.31. The Morgan fingerprint density at radius 2 is 1.93 bits per heavy atom. The summed E-state index contributed by atoms with van der Waals surface area (Å²) in [5.74, 6) is 6.47. The van der Waals surface area contributed by atoms with Gasteiger partial charge in [-0.25, -0.2) is 0 Å². The molecular formula is C22H35N5O2. The molecule has 0 unspecified atom stereocenters. The van der Waals surface area contributed by atoms with Gasteiger partial charge in [0.25, 0.3) is 0 Å². The summed E-state index contributed by atoms with van der Waals surface area (Å²) in [6.07, 6.45) is 5.15. The molecule has 160 valence electrons. The molecular weight excluding hydrogens is 366 g/mol. The number of carbonyl (C=O) groups is 1. The summed E-state index contributed by atoms with van der Waals surface area (Å²) in [6, 6.07) is 7.46. The summed E-state index contributed by atoms with van der Waals surface area (Å²) >= 11 is 0. The highest BCUT2D eigenvalue weighted by molar-refractivity contribution is 5.82. The number of amides is 1. The van der Waals surface area contributed by atoms with Crippen LogP contribution >= 0.6 is 0 Å². The van der Waals surface area contributed by atoms with Crippen LogP contribution in [0.15, 0.2) is 34.6 Å². The Morgan fingerprint density at radius 3 is 2.62 bits per heavy atom. The molecule has 1 aromatic rings. The number of nitrogens with zero attached hydrogens (tertiary/aromatic N) is 3. The van der Waals surface area contributed by atoms with Gasteiger partial charge in [-0.2, -0.15) is 5.11 Å². The van der Waals surface area contributed by atoms with Crippen molar-refractivity contribution < 1.29 is 9.53 Å². The first-order chi connectivity index (χ1) is 14.2. The van der Waals surface area contributed by atoms with Gasteiger partial charge in [-0.3, -0.25) is 4.79 Å². The molecule has 29 heavy (non-hydrogen) atoms. The van der Waals surface area contributed by atoms with E-state index >= 15 is 0 Å². The lowest BCUT2D eigenvalue weighted by Gasteiger charge is -2.35. The van der Waals surface area contributed by atoms with Crippen molar-refractivity contribution in [3.8, 4) is 0 Å². The smallest absolute Gasteiger partial charge is 0.247 e. The predicted octanol–water partition coefficient (Wildman–Crippen LogP) is 2.49. The summed E-state index contributed by atoms with van der Waals surface area (Å²) in [5.41, 5.74) is 2.25. The maximum atomic E-state index is 12.7. The second kappa shape index (κ2) is 11.3. The van der Waals surface area contributed by atoms with Gasteiger partial charge in [-0.1, -0.05) is 29.5 Å². The molecule has 7 heteroatoms. The lowest BCUT2D eigenvalue weighted by molar-refractivity contribution is -0.122. The first kappa shape index (κ1) is 21.7. The summed E-state index contributed by atoms with van der Waals surface area (Å²) in [6.45, 7) is 8.00. The van der Waals surface area contributed by atoms with Gasteiger partial charge in [0, 0.05) is 32.7 Å². The molecule has 1 aromatic carbocycles. The number of nitrogens with two attached hydrogens (primary N) is 1. The SMILES string of the molecule is Cc1ccccc1C[C@@H](N=NN)C(=O)NCC1CCN(CC2CCOCC2)CC1. The molecule has 0 radical (unpaired) electrons. The quantitative estimate of drug-likeness (QED) is 0.398. The number of rotatable bonds is 8. The minimum absolute atomic E-state index is 0.0907. The Balaban J connectivity index is 1.41. The van der Waals surface area contributed by atoms with E-state index < -0.39 is 6.04 Å². The topological polar surface area (TPSA) is 92.3 Å². The first-order valence-corrected chi connectivity index (χ1v) is 10.9. The number of carbonyl (C=O) groups excluding carboxylic acids is 1. The van der Waals surface area contributed by atoms with Gasteiger partial charge in [-0.15, -0.1) is 0 Å². The molecule has 3 rings (SSSR count). The number of likely N-dealkylation sites (tertiary alicyclic amines) is 1. The maximum Gasteiger partial charge on any atom is 0.247 e. The fourth-order valence-electron chi connectivity index (χ4n) is 4.34. The van der Waals surface area contributed by atoms with E-state index in [0.29, 0.717) is 18.9 Å². The lowest BCUT2D eigenvalue weighted by Crippen LogP contribution is -2.43. The van der Waals surface area contributed by atoms with Crippen LogP contribution in [0, 0.1) is 18.8 Å². The lowest BCUT2D eigenvalue weighted by atomic mass is 9.94. The van der Waals surface area contributed by atoms with Crippen LogP contribution in [0.5, 0.6) is 0 Å². The van der Waals surface area contributed by atoms with E-state index in [2.05, 4.69) is 20.6 Å². The minimum Gasteiger partial charge on any atom is -0.381 e. The highest BCUT2D eigenvalue weighted by atomic mass is 16.5. The number of hydrogen-bond acceptors (Lipinski definition) is 5. The zero-order chi connectivity index (χ0) is 20.5. The van der Waals surface area contributed by atoms with Crippen LogP contribution < -0.4 is 11.2 Å². The van der Waals surface area contributed by atoms with E-state index in [0.717, 1.165) is 56.2 Å². The summed E-state index contributed by atoms with van der Waals surface area (Å²) in [5, 5.41) is 10.5. The molecule has 2 saturated heterocycles. The van der Waals surface area contributed by atoms with Crippen molar-refractivity contribution in [1.82, 2.24) is 10.2 Å². The van der Waals surface area contributed by atoms with Crippen LogP contribution in [-0.2, 0) is 16.0 Å². The van der Waals surface area contributed by atoms with Crippen molar-refractivity contribution in [1.29, 1.82) is 0 Å². The molecule has 2 fully saturated rings. The van der Waals surface area contributed by atoms with Gasteiger partial charge >= 0.3 is 0 Å². The molecule has 2 aliphatic heterocycles. The number of nitrogens with one attached hydrogen (secondary N) is 1. The van der Waals surface area contributed by atoms with Crippen LogP contribution in [-0.4, -0.2) is 56.2 Å². The second-order valence-corrected chi connectivity index (χ2v) is 8.42. The van der Waals surface area contributed by atoms with E-state index in [1.807, 2.05) is 31.2 Å². The summed E-state index contributed by atoms with van der Waals surface area (Å²) in [4.78, 5) is 15.3. The largest absolute Gasteiger partial charge is 0.381 e. The highest BCUT2D eigenvalue weighted by Crippen LogP contribution is 2.21. The van der Waals surface area contributed by atoms with Gasteiger partial charge in [0.05, 0.1) is 0 Å². The molecule has 0 spiro atoms. The van der Waals surface area contributed by atoms with E-state index in [4.69, 9.17) is 10.6 Å². The van der Waals surface area contributed by atoms with Crippen molar-refractivity contribution in [2.45, 2.75) is 45.1 Å². The fraction of sp³-hybridized carbons (Fsp3) is 0.682. The number of benzene rings is 1. The molecule has 0 aromatic heterocycles. The van der Waals surface area contributed by atoms with E-state index in [-0.39, 0.29) is 5.91 Å². The van der Waals surface area contributed by atoms with E-state index in [1.165, 1.54) is 19.4 Å². The number of hydrogen-bond donors (Lipinski definition) is 2. The summed E-state index contributed by atoms with van der Waals surface area (Å²) < 4.78 is 5.46. The van der Waals surface area contributed by atoms with Crippen LogP contribution in [0.2, 0.25) is 0 Å². The molecule has 0 bridgehead atoms. The Bertz CT molecular complexity index is 667. The maximum absolute atomic E-state index is 12.7. The van der Waals surface area contributed by atoms with Crippen LogP contribution in [0.3, 0.4) is 0 Å². The average molecular weight is 402 g/mol. The van der Waals surface area contributed by atoms with Crippen LogP contribution in [0.25, 0.3) is 0 Å². The molecule has 1 atom stereocenters. The molecule has 2 heterocycles. The van der Waals surface area contributed by atoms with E-state index in [1.54, 1.807) is 0 Å². The van der Waals surface area contributed by atoms with Gasteiger partial charge in [0.1, 0.15) is 0 Å². The third kappa shape index (κ3) is 6.78. The Hall–Kier alpha value is -1.99. The van der Waals surface area contributed by atoms with Crippen molar-refractivity contribution in [3.05, 3.63) is 35.4 Å². The highest BCUT2D eigenvalue weighted by Gasteiger charge is 2.25. The molecule has 0 saturated carbocycles. The zero-order valence-corrected chi connectivity index (χ0v) is 17.6. The predicted molar refractivity (Wildman–Crippen MR) is 113 cm³/mol. The Kier molecular flexibility index (Phi) is 8.43. The van der Waals surface area contributed by atoms with Gasteiger partial charge < -0.3 is 20.8 Å².